The third kappa shape index (κ3) is 23.6. The van der Waals surface area contributed by atoms with E-state index in [9.17, 15) is 25.9 Å². The maximum atomic E-state index is 10.6. The van der Waals surface area contributed by atoms with E-state index in [0.29, 0.717) is 0 Å². The summed E-state index contributed by atoms with van der Waals surface area (Å²) in [6.07, 6.45) is -6.47. The Morgan fingerprint density at radius 3 is 1.33 bits per heavy atom. The monoisotopic (exact) mass is 362 g/mol. The van der Waals surface area contributed by atoms with Gasteiger partial charge in [0, 0.05) is 33.9 Å². The van der Waals surface area contributed by atoms with Crippen molar-refractivity contribution in [1.82, 2.24) is 0 Å². The maximum Gasteiger partial charge on any atom is 1.00 e. The normalized spacial score (nSPS) is 21.2. The van der Waals surface area contributed by atoms with E-state index in [1.165, 1.54) is 0 Å². The van der Waals surface area contributed by atoms with Crippen molar-refractivity contribution in [2.75, 3.05) is 22.9 Å². The quantitative estimate of drug-likeness (QED) is 0.226. The zero-order valence-corrected chi connectivity index (χ0v) is 16.8. The van der Waals surface area contributed by atoms with Crippen LogP contribution in [-0.4, -0.2) is 48.9 Å². The third-order valence-electron chi connectivity index (χ3n) is 0.767. The van der Waals surface area contributed by atoms with Crippen LogP contribution in [0.2, 0.25) is 0 Å². The SMILES string of the molecule is [2H]C([2H])(CS(=O)(=O)[O-])C([2H])([2H])SSC([2H])([2H])C([2H])([2H])CS(=O)(=O)[O-].[Na+].[Na+]. The Hall–Kier alpha value is 2.52. The van der Waals surface area contributed by atoms with E-state index in [-0.39, 0.29) is 80.7 Å². The summed E-state index contributed by atoms with van der Waals surface area (Å²) < 4.78 is 123. The molecule has 0 bridgehead atoms. The molecule has 0 aliphatic rings. The fourth-order valence-electron chi connectivity index (χ4n) is 0.336. The Balaban J connectivity index is -0.00000264. The molecule has 0 aliphatic carbocycles. The summed E-state index contributed by atoms with van der Waals surface area (Å²) in [7, 11) is -10.8. The second kappa shape index (κ2) is 13.2. The van der Waals surface area contributed by atoms with Gasteiger partial charge in [-0.05, 0) is 12.7 Å². The van der Waals surface area contributed by atoms with E-state index < -0.39 is 55.9 Å². The fraction of sp³-hybridized carbons (Fsp3) is 1.00. The molecular weight excluding hydrogens is 342 g/mol. The van der Waals surface area contributed by atoms with Gasteiger partial charge in [-0.1, -0.05) is 21.6 Å². The minimum absolute atomic E-state index is 0. The van der Waals surface area contributed by atoms with Gasteiger partial charge in [-0.2, -0.15) is 0 Å². The molecule has 0 spiro atoms. The van der Waals surface area contributed by atoms with Crippen LogP contribution in [0.3, 0.4) is 0 Å². The molecule has 0 radical (unpaired) electrons. The Kier molecular flexibility index (Phi) is 8.80. The maximum absolute atomic E-state index is 10.6. The van der Waals surface area contributed by atoms with Gasteiger partial charge in [0.05, 0.1) is 20.2 Å². The topological polar surface area (TPSA) is 114 Å². The average Bonchev–Trinajstić information content (AvgIpc) is 2.19. The van der Waals surface area contributed by atoms with Gasteiger partial charge < -0.3 is 9.11 Å². The van der Waals surface area contributed by atoms with Gasteiger partial charge >= 0.3 is 59.1 Å². The molecule has 6 nitrogen and oxygen atoms in total. The molecule has 0 fully saturated rings. The molecule has 0 rings (SSSR count). The molecular formula is C6H12Na2O6S4. The average molecular weight is 362 g/mol. The van der Waals surface area contributed by atoms with Gasteiger partial charge in [-0.3, -0.25) is 0 Å². The van der Waals surface area contributed by atoms with Crippen LogP contribution in [0.1, 0.15) is 23.7 Å². The standard InChI is InChI=1S/C6H14O6S4.2Na/c7-15(8,9)5-1-3-13-14-4-2-6-16(10,11)12;;/h1-6H2,(H,7,8,9)(H,10,11,12);;/q;2*+1/p-2/i1D2,2D2,3D2,4D2;;. The van der Waals surface area contributed by atoms with Crippen LogP contribution in [0.4, 0.5) is 0 Å². The molecule has 0 unspecified atom stereocenters. The van der Waals surface area contributed by atoms with Gasteiger partial charge in [0.25, 0.3) is 0 Å². The molecule has 0 N–H and O–H groups in total. The Morgan fingerprint density at radius 2 is 1.11 bits per heavy atom. The van der Waals surface area contributed by atoms with E-state index in [2.05, 4.69) is 0 Å². The predicted molar refractivity (Wildman–Crippen MR) is 63.3 cm³/mol. The van der Waals surface area contributed by atoms with E-state index >= 15 is 0 Å². The third-order valence-corrected chi connectivity index (χ3v) is 3.05. The van der Waals surface area contributed by atoms with Crippen molar-refractivity contribution in [2.45, 2.75) is 12.7 Å². The Bertz CT molecular complexity index is 611. The second-order valence-electron chi connectivity index (χ2n) is 2.13. The molecule has 98 valence electrons. The molecule has 0 aromatic rings. The van der Waals surface area contributed by atoms with Crippen molar-refractivity contribution >= 4 is 41.8 Å². The van der Waals surface area contributed by atoms with E-state index in [0.717, 1.165) is 0 Å². The van der Waals surface area contributed by atoms with Gasteiger partial charge in [0.1, 0.15) is 0 Å². The van der Waals surface area contributed by atoms with E-state index in [1.807, 2.05) is 0 Å². The van der Waals surface area contributed by atoms with Crippen LogP contribution in [0.15, 0.2) is 0 Å². The molecule has 0 saturated heterocycles. The first-order valence-corrected chi connectivity index (χ1v) is 8.66. The second-order valence-corrected chi connectivity index (χ2v) is 6.68. The molecule has 0 atom stereocenters. The predicted octanol–water partition coefficient (Wildman–Crippen LogP) is -5.75. The summed E-state index contributed by atoms with van der Waals surface area (Å²) in [4.78, 5) is 0. The molecule has 0 saturated carbocycles. The van der Waals surface area contributed by atoms with Crippen molar-refractivity contribution < 1.29 is 96.0 Å². The Labute approximate surface area is 172 Å². The zero-order chi connectivity index (χ0) is 19.8. The number of hydrogen-bond acceptors (Lipinski definition) is 8. The van der Waals surface area contributed by atoms with Gasteiger partial charge in [-0.25, -0.2) is 16.8 Å². The van der Waals surface area contributed by atoms with Gasteiger partial charge in [-0.15, -0.1) is 0 Å². The molecule has 0 amide bonds. The summed E-state index contributed by atoms with van der Waals surface area (Å²) >= 11 is 0. The minimum Gasteiger partial charge on any atom is -0.748 e. The Morgan fingerprint density at radius 1 is 0.833 bits per heavy atom. The molecule has 12 heteroatoms. The van der Waals surface area contributed by atoms with Crippen LogP contribution >= 0.6 is 21.6 Å². The van der Waals surface area contributed by atoms with Crippen molar-refractivity contribution in [3.8, 4) is 0 Å². The minimum atomic E-state index is -5.15. The van der Waals surface area contributed by atoms with Crippen molar-refractivity contribution in [3.63, 3.8) is 0 Å². The summed E-state index contributed by atoms with van der Waals surface area (Å²) in [6, 6.07) is 0. The summed E-state index contributed by atoms with van der Waals surface area (Å²) in [5.41, 5.74) is -6.29. The fourth-order valence-corrected chi connectivity index (χ4v) is 1.97. The van der Waals surface area contributed by atoms with Crippen LogP contribution in [-0.2, 0) is 20.2 Å². The van der Waals surface area contributed by atoms with Crippen LogP contribution in [0.25, 0.3) is 0 Å². The number of hydrogen-bond donors (Lipinski definition) is 0. The van der Waals surface area contributed by atoms with Crippen molar-refractivity contribution in [1.29, 1.82) is 0 Å². The van der Waals surface area contributed by atoms with Crippen molar-refractivity contribution in [2.24, 2.45) is 0 Å². The molecule has 0 aromatic carbocycles. The van der Waals surface area contributed by atoms with Gasteiger partial charge in [0.15, 0.2) is 0 Å². The van der Waals surface area contributed by atoms with Gasteiger partial charge in [0.2, 0.25) is 0 Å². The molecule has 0 aromatic heterocycles. The van der Waals surface area contributed by atoms with E-state index in [4.69, 9.17) is 11.0 Å². The largest absolute Gasteiger partial charge is 1.00 e. The first-order chi connectivity index (χ1) is 10.1. The molecule has 18 heavy (non-hydrogen) atoms. The molecule has 0 aliphatic heterocycles. The van der Waals surface area contributed by atoms with E-state index in [1.54, 1.807) is 0 Å². The van der Waals surface area contributed by atoms with Crippen LogP contribution in [0.5, 0.6) is 0 Å². The number of rotatable bonds is 9. The summed E-state index contributed by atoms with van der Waals surface area (Å²) in [5.74, 6) is -3.49. The van der Waals surface area contributed by atoms with Crippen molar-refractivity contribution in [3.05, 3.63) is 0 Å². The summed E-state index contributed by atoms with van der Waals surface area (Å²) in [6.45, 7) is 0. The smallest absolute Gasteiger partial charge is 0.748 e. The zero-order valence-electron chi connectivity index (χ0n) is 17.5. The van der Waals surface area contributed by atoms with Crippen LogP contribution in [0, 0.1) is 0 Å². The molecule has 0 heterocycles. The first-order valence-electron chi connectivity index (χ1n) is 7.36. The van der Waals surface area contributed by atoms with Crippen LogP contribution < -0.4 is 59.1 Å². The summed E-state index contributed by atoms with van der Waals surface area (Å²) in [5, 5.41) is 0. The first kappa shape index (κ1) is 12.0.